The highest BCUT2D eigenvalue weighted by Crippen LogP contribution is 2.20. The molecule has 0 atom stereocenters. The van der Waals surface area contributed by atoms with Gasteiger partial charge in [-0.05, 0) is 19.8 Å². The van der Waals surface area contributed by atoms with Crippen LogP contribution in [0.5, 0.6) is 0 Å². The molecule has 0 heterocycles. The molecule has 0 aliphatic heterocycles. The van der Waals surface area contributed by atoms with Crippen molar-refractivity contribution in [1.82, 2.24) is 0 Å². The molecule has 0 aliphatic carbocycles. The maximum absolute atomic E-state index is 11.7. The fourth-order valence-electron chi connectivity index (χ4n) is 1.59. The molecule has 0 bridgehead atoms. The number of unbranched alkanes of at least 4 members (excludes halogenated alkanes) is 2. The van der Waals surface area contributed by atoms with Crippen LogP contribution < -0.4 is 5.73 Å². The van der Waals surface area contributed by atoms with Crippen LogP contribution in [-0.2, 0) is 9.53 Å². The molecule has 4 heteroatoms. The Morgan fingerprint density at radius 3 is 1.88 bits per heavy atom. The van der Waals surface area contributed by atoms with Crippen LogP contribution >= 0.6 is 12.4 Å². The second-order valence-electron chi connectivity index (χ2n) is 4.08. The van der Waals surface area contributed by atoms with Crippen LogP contribution in [0.25, 0.3) is 0 Å². The van der Waals surface area contributed by atoms with Crippen molar-refractivity contribution in [1.29, 1.82) is 0 Å². The van der Waals surface area contributed by atoms with Crippen molar-refractivity contribution in [2.45, 2.75) is 64.8 Å². The Kier molecular flexibility index (Phi) is 11.2. The van der Waals surface area contributed by atoms with Crippen LogP contribution in [0, 0.1) is 0 Å². The van der Waals surface area contributed by atoms with Crippen LogP contribution in [0.4, 0.5) is 0 Å². The molecular weight excluding hydrogens is 226 g/mol. The first-order valence-corrected chi connectivity index (χ1v) is 6.06. The molecule has 0 saturated carbocycles. The first-order valence-electron chi connectivity index (χ1n) is 6.06. The maximum atomic E-state index is 11.7. The molecule has 0 rings (SSSR count). The third-order valence-electron chi connectivity index (χ3n) is 2.63. The van der Waals surface area contributed by atoms with E-state index < -0.39 is 5.54 Å². The summed E-state index contributed by atoms with van der Waals surface area (Å²) in [4.78, 5) is 11.7. The first-order chi connectivity index (χ1) is 7.10. The zero-order chi connectivity index (χ0) is 11.7. The number of rotatable bonds is 8. The van der Waals surface area contributed by atoms with E-state index in [1.807, 2.05) is 6.92 Å². The van der Waals surface area contributed by atoms with Gasteiger partial charge in [-0.25, -0.2) is 0 Å². The predicted octanol–water partition coefficient (Wildman–Crippen LogP) is 3.05. The van der Waals surface area contributed by atoms with Crippen molar-refractivity contribution >= 4 is 18.4 Å². The van der Waals surface area contributed by atoms with Crippen molar-refractivity contribution in [3.63, 3.8) is 0 Å². The van der Waals surface area contributed by atoms with E-state index in [2.05, 4.69) is 13.8 Å². The summed E-state index contributed by atoms with van der Waals surface area (Å²) in [5.41, 5.74) is 5.38. The van der Waals surface area contributed by atoms with Crippen molar-refractivity contribution in [3.05, 3.63) is 0 Å². The van der Waals surface area contributed by atoms with E-state index in [0.29, 0.717) is 6.61 Å². The summed E-state index contributed by atoms with van der Waals surface area (Å²) in [5.74, 6) is -0.230. The molecule has 98 valence electrons. The number of carbonyl (C=O) groups excluding carboxylic acids is 1. The summed E-state index contributed by atoms with van der Waals surface area (Å²) >= 11 is 0. The van der Waals surface area contributed by atoms with Crippen LogP contribution in [-0.4, -0.2) is 18.1 Å². The zero-order valence-corrected chi connectivity index (χ0v) is 11.6. The molecular formula is C12H26ClNO2. The summed E-state index contributed by atoms with van der Waals surface area (Å²) < 4.78 is 5.04. The number of ether oxygens (including phenoxy) is 1. The summed E-state index contributed by atoms with van der Waals surface area (Å²) in [6.07, 6.45) is 5.57. The third kappa shape index (κ3) is 6.33. The standard InChI is InChI=1S/C12H25NO2.ClH/c1-4-7-9-12(13,10-8-5-2)11(14)15-6-3;/h4-10,13H2,1-3H3;1H. The molecule has 16 heavy (non-hydrogen) atoms. The fraction of sp³-hybridized carbons (Fsp3) is 0.917. The summed E-state index contributed by atoms with van der Waals surface area (Å²) in [5, 5.41) is 0. The summed E-state index contributed by atoms with van der Waals surface area (Å²) in [7, 11) is 0. The lowest BCUT2D eigenvalue weighted by molar-refractivity contribution is -0.150. The number of nitrogens with two attached hydrogens (primary N) is 1. The molecule has 0 aromatic rings. The fourth-order valence-corrected chi connectivity index (χ4v) is 1.59. The van der Waals surface area contributed by atoms with E-state index in [0.717, 1.165) is 38.5 Å². The number of carbonyl (C=O) groups is 1. The average Bonchev–Trinajstić information content (AvgIpc) is 2.24. The number of esters is 1. The minimum absolute atomic E-state index is 0. The molecule has 0 saturated heterocycles. The van der Waals surface area contributed by atoms with Gasteiger partial charge in [0, 0.05) is 0 Å². The van der Waals surface area contributed by atoms with Gasteiger partial charge in [-0.2, -0.15) is 0 Å². The number of hydrogen-bond acceptors (Lipinski definition) is 3. The van der Waals surface area contributed by atoms with Gasteiger partial charge in [-0.1, -0.05) is 39.5 Å². The minimum atomic E-state index is -0.748. The Bertz CT molecular complexity index is 178. The smallest absolute Gasteiger partial charge is 0.326 e. The molecule has 0 aromatic heterocycles. The Hall–Kier alpha value is -0.280. The third-order valence-corrected chi connectivity index (χ3v) is 2.63. The molecule has 0 amide bonds. The highest BCUT2D eigenvalue weighted by molar-refractivity contribution is 5.85. The van der Waals surface area contributed by atoms with Gasteiger partial charge in [-0.3, -0.25) is 4.79 Å². The second-order valence-corrected chi connectivity index (χ2v) is 4.08. The lowest BCUT2D eigenvalue weighted by Gasteiger charge is -2.26. The second kappa shape index (κ2) is 9.91. The van der Waals surface area contributed by atoms with Crippen molar-refractivity contribution in [3.8, 4) is 0 Å². The molecule has 0 unspecified atom stereocenters. The molecule has 0 radical (unpaired) electrons. The lowest BCUT2D eigenvalue weighted by Crippen LogP contribution is -2.49. The van der Waals surface area contributed by atoms with Crippen LogP contribution in [0.1, 0.15) is 59.3 Å². The largest absolute Gasteiger partial charge is 0.465 e. The van der Waals surface area contributed by atoms with E-state index in [1.165, 1.54) is 0 Å². The molecule has 2 N–H and O–H groups in total. The lowest BCUT2D eigenvalue weighted by atomic mass is 9.88. The highest BCUT2D eigenvalue weighted by Gasteiger charge is 2.33. The Morgan fingerprint density at radius 2 is 1.56 bits per heavy atom. The van der Waals surface area contributed by atoms with E-state index in [4.69, 9.17) is 10.5 Å². The molecule has 0 aromatic carbocycles. The van der Waals surface area contributed by atoms with E-state index >= 15 is 0 Å². The quantitative estimate of drug-likeness (QED) is 0.675. The van der Waals surface area contributed by atoms with Gasteiger partial charge in [0.25, 0.3) is 0 Å². The number of hydrogen-bond donors (Lipinski definition) is 1. The van der Waals surface area contributed by atoms with Gasteiger partial charge >= 0.3 is 5.97 Å². The van der Waals surface area contributed by atoms with Gasteiger partial charge in [0.2, 0.25) is 0 Å². The summed E-state index contributed by atoms with van der Waals surface area (Å²) in [6.45, 7) is 6.44. The average molecular weight is 252 g/mol. The van der Waals surface area contributed by atoms with Crippen molar-refractivity contribution < 1.29 is 9.53 Å². The first kappa shape index (κ1) is 18.1. The van der Waals surface area contributed by atoms with E-state index in [1.54, 1.807) is 0 Å². The van der Waals surface area contributed by atoms with E-state index in [-0.39, 0.29) is 18.4 Å². The van der Waals surface area contributed by atoms with Crippen LogP contribution in [0.2, 0.25) is 0 Å². The van der Waals surface area contributed by atoms with Gasteiger partial charge in [0.1, 0.15) is 5.54 Å². The van der Waals surface area contributed by atoms with Gasteiger partial charge in [-0.15, -0.1) is 12.4 Å². The molecule has 0 fully saturated rings. The van der Waals surface area contributed by atoms with Crippen LogP contribution in [0.15, 0.2) is 0 Å². The van der Waals surface area contributed by atoms with Crippen LogP contribution in [0.3, 0.4) is 0 Å². The Labute approximate surface area is 106 Å². The Morgan fingerprint density at radius 1 is 1.12 bits per heavy atom. The SMILES string of the molecule is CCCCC(N)(CCCC)C(=O)OCC.Cl. The van der Waals surface area contributed by atoms with Gasteiger partial charge in [0.15, 0.2) is 0 Å². The van der Waals surface area contributed by atoms with Crippen molar-refractivity contribution in [2.75, 3.05) is 6.61 Å². The van der Waals surface area contributed by atoms with Crippen molar-refractivity contribution in [2.24, 2.45) is 5.73 Å². The predicted molar refractivity (Wildman–Crippen MR) is 69.8 cm³/mol. The maximum Gasteiger partial charge on any atom is 0.326 e. The van der Waals surface area contributed by atoms with Gasteiger partial charge in [0.05, 0.1) is 6.61 Å². The Balaban J connectivity index is 0. The minimum Gasteiger partial charge on any atom is -0.465 e. The zero-order valence-electron chi connectivity index (χ0n) is 10.8. The monoisotopic (exact) mass is 251 g/mol. The summed E-state index contributed by atoms with van der Waals surface area (Å²) in [6, 6.07) is 0. The molecule has 3 nitrogen and oxygen atoms in total. The molecule has 0 spiro atoms. The highest BCUT2D eigenvalue weighted by atomic mass is 35.5. The van der Waals surface area contributed by atoms with E-state index in [9.17, 15) is 4.79 Å². The van der Waals surface area contributed by atoms with Gasteiger partial charge < -0.3 is 10.5 Å². The normalized spacial score (nSPS) is 10.8. The topological polar surface area (TPSA) is 52.3 Å². The number of halogens is 1. The molecule has 0 aliphatic rings.